The van der Waals surface area contributed by atoms with Crippen molar-refractivity contribution in [2.24, 2.45) is 5.41 Å². The van der Waals surface area contributed by atoms with Gasteiger partial charge in [0.15, 0.2) is 0 Å². The summed E-state index contributed by atoms with van der Waals surface area (Å²) >= 11 is 0. The van der Waals surface area contributed by atoms with Crippen LogP contribution in [0.2, 0.25) is 0 Å². The molecule has 0 bridgehead atoms. The van der Waals surface area contributed by atoms with Crippen LogP contribution >= 0.6 is 0 Å². The van der Waals surface area contributed by atoms with Crippen molar-refractivity contribution in [2.45, 2.75) is 51.2 Å². The van der Waals surface area contributed by atoms with Gasteiger partial charge in [-0.15, -0.1) is 0 Å². The van der Waals surface area contributed by atoms with Crippen molar-refractivity contribution in [3.63, 3.8) is 0 Å². The minimum atomic E-state index is -0.894. The van der Waals surface area contributed by atoms with Gasteiger partial charge in [0.2, 0.25) is 0 Å². The Bertz CT molecular complexity index is 466. The topological polar surface area (TPSA) is 52.5 Å². The maximum atomic E-state index is 13.5. The molecule has 21 heavy (non-hydrogen) atoms. The van der Waals surface area contributed by atoms with Gasteiger partial charge in [-0.25, -0.2) is 4.39 Å². The standard InChI is InChI=1S/C17H26FNO2/c1-16(2)7-9-17(21,10-8-16)12-19-11-15(20)13-5-3-4-6-14(13)18/h3-6,15,19-21H,7-12H2,1-2H3. The SMILES string of the molecule is CC1(C)CCC(O)(CNCC(O)c2ccccc2F)CC1. The Kier molecular flexibility index (Phi) is 5.02. The fraction of sp³-hybridized carbons (Fsp3) is 0.647. The Morgan fingerprint density at radius 1 is 1.19 bits per heavy atom. The van der Waals surface area contributed by atoms with Crippen LogP contribution in [0.3, 0.4) is 0 Å². The molecule has 0 spiro atoms. The van der Waals surface area contributed by atoms with E-state index >= 15 is 0 Å². The third-order valence-corrected chi connectivity index (χ3v) is 4.59. The third kappa shape index (κ3) is 4.50. The van der Waals surface area contributed by atoms with Gasteiger partial charge in [0, 0.05) is 18.7 Å². The van der Waals surface area contributed by atoms with Crippen LogP contribution in [0.4, 0.5) is 4.39 Å². The second-order valence-corrected chi connectivity index (χ2v) is 7.06. The molecular formula is C17H26FNO2. The first kappa shape index (κ1) is 16.4. The van der Waals surface area contributed by atoms with Crippen LogP contribution in [0, 0.1) is 11.2 Å². The molecular weight excluding hydrogens is 269 g/mol. The van der Waals surface area contributed by atoms with E-state index in [1.54, 1.807) is 18.2 Å². The smallest absolute Gasteiger partial charge is 0.129 e. The van der Waals surface area contributed by atoms with Crippen molar-refractivity contribution >= 4 is 0 Å². The summed E-state index contributed by atoms with van der Waals surface area (Å²) in [5, 5.41) is 23.6. The Morgan fingerprint density at radius 2 is 1.81 bits per heavy atom. The van der Waals surface area contributed by atoms with Crippen molar-refractivity contribution in [3.05, 3.63) is 35.6 Å². The van der Waals surface area contributed by atoms with Crippen LogP contribution in [0.5, 0.6) is 0 Å². The highest BCUT2D eigenvalue weighted by atomic mass is 19.1. The second kappa shape index (κ2) is 6.42. The van der Waals surface area contributed by atoms with Crippen LogP contribution in [-0.4, -0.2) is 28.9 Å². The lowest BCUT2D eigenvalue weighted by Crippen LogP contribution is -2.45. The van der Waals surface area contributed by atoms with E-state index in [9.17, 15) is 14.6 Å². The largest absolute Gasteiger partial charge is 0.389 e. The number of hydrogen-bond donors (Lipinski definition) is 3. The minimum absolute atomic E-state index is 0.243. The van der Waals surface area contributed by atoms with Crippen molar-refractivity contribution in [1.82, 2.24) is 5.32 Å². The highest BCUT2D eigenvalue weighted by molar-refractivity contribution is 5.20. The highest BCUT2D eigenvalue weighted by Gasteiger charge is 2.36. The lowest BCUT2D eigenvalue weighted by atomic mass is 9.71. The maximum Gasteiger partial charge on any atom is 0.129 e. The number of aliphatic hydroxyl groups is 2. The van der Waals surface area contributed by atoms with Crippen molar-refractivity contribution in [3.8, 4) is 0 Å². The molecule has 3 nitrogen and oxygen atoms in total. The predicted molar refractivity (Wildman–Crippen MR) is 81.4 cm³/mol. The zero-order chi connectivity index (χ0) is 15.5. The molecule has 1 atom stereocenters. The molecule has 2 rings (SSSR count). The first-order chi connectivity index (χ1) is 9.81. The van der Waals surface area contributed by atoms with E-state index in [1.807, 2.05) is 0 Å². The van der Waals surface area contributed by atoms with Crippen LogP contribution in [0.1, 0.15) is 51.2 Å². The summed E-state index contributed by atoms with van der Waals surface area (Å²) in [4.78, 5) is 0. The van der Waals surface area contributed by atoms with Gasteiger partial charge >= 0.3 is 0 Å². The normalized spacial score (nSPS) is 22.0. The van der Waals surface area contributed by atoms with E-state index in [-0.39, 0.29) is 6.54 Å². The molecule has 0 aromatic heterocycles. The van der Waals surface area contributed by atoms with Crippen LogP contribution in [-0.2, 0) is 0 Å². The zero-order valence-corrected chi connectivity index (χ0v) is 12.9. The molecule has 1 aliphatic carbocycles. The first-order valence-corrected chi connectivity index (χ1v) is 7.67. The second-order valence-electron chi connectivity index (χ2n) is 7.06. The van der Waals surface area contributed by atoms with Crippen LogP contribution in [0.25, 0.3) is 0 Å². The molecule has 0 saturated heterocycles. The van der Waals surface area contributed by atoms with Gasteiger partial charge in [0.05, 0.1) is 11.7 Å². The van der Waals surface area contributed by atoms with E-state index in [2.05, 4.69) is 19.2 Å². The number of nitrogens with one attached hydrogen (secondary N) is 1. The summed E-state index contributed by atoms with van der Waals surface area (Å²) in [5.41, 5.74) is -0.106. The van der Waals surface area contributed by atoms with Gasteiger partial charge in [-0.1, -0.05) is 32.0 Å². The molecule has 4 heteroatoms. The minimum Gasteiger partial charge on any atom is -0.389 e. The van der Waals surface area contributed by atoms with E-state index in [1.165, 1.54) is 6.07 Å². The number of halogens is 1. The Labute approximate surface area is 126 Å². The summed E-state index contributed by atoms with van der Waals surface area (Å²) in [5.74, 6) is -0.398. The van der Waals surface area contributed by atoms with E-state index < -0.39 is 17.5 Å². The average Bonchev–Trinajstić information content (AvgIpc) is 2.43. The molecule has 0 radical (unpaired) electrons. The summed E-state index contributed by atoms with van der Waals surface area (Å²) < 4.78 is 13.5. The Hall–Kier alpha value is -0.970. The number of aliphatic hydroxyl groups excluding tert-OH is 1. The quantitative estimate of drug-likeness (QED) is 0.783. The molecule has 1 aliphatic rings. The van der Waals surface area contributed by atoms with Crippen LogP contribution in [0.15, 0.2) is 24.3 Å². The Balaban J connectivity index is 1.80. The fourth-order valence-corrected chi connectivity index (χ4v) is 2.87. The molecule has 1 saturated carbocycles. The van der Waals surface area contributed by atoms with E-state index in [0.29, 0.717) is 17.5 Å². The maximum absolute atomic E-state index is 13.5. The summed E-state index contributed by atoms with van der Waals surface area (Å²) in [6.07, 6.45) is 2.64. The molecule has 3 N–H and O–H groups in total. The molecule has 0 amide bonds. The van der Waals surface area contributed by atoms with Crippen molar-refractivity contribution in [2.75, 3.05) is 13.1 Å². The van der Waals surface area contributed by atoms with E-state index in [0.717, 1.165) is 25.7 Å². The fourth-order valence-electron chi connectivity index (χ4n) is 2.87. The first-order valence-electron chi connectivity index (χ1n) is 7.67. The summed E-state index contributed by atoms with van der Waals surface area (Å²) in [6.45, 7) is 5.13. The number of hydrogen-bond acceptors (Lipinski definition) is 3. The van der Waals surface area contributed by atoms with Gasteiger partial charge in [-0.3, -0.25) is 0 Å². The molecule has 1 fully saturated rings. The lowest BCUT2D eigenvalue weighted by molar-refractivity contribution is -0.0258. The zero-order valence-electron chi connectivity index (χ0n) is 12.9. The average molecular weight is 295 g/mol. The molecule has 118 valence electrons. The van der Waals surface area contributed by atoms with Gasteiger partial charge in [-0.2, -0.15) is 0 Å². The third-order valence-electron chi connectivity index (χ3n) is 4.59. The molecule has 1 aromatic carbocycles. The lowest BCUT2D eigenvalue weighted by Gasteiger charge is -2.40. The molecule has 1 aromatic rings. The van der Waals surface area contributed by atoms with Gasteiger partial charge in [0.25, 0.3) is 0 Å². The molecule has 0 aliphatic heterocycles. The summed E-state index contributed by atoms with van der Waals surface area (Å²) in [7, 11) is 0. The monoisotopic (exact) mass is 295 g/mol. The number of rotatable bonds is 5. The highest BCUT2D eigenvalue weighted by Crippen LogP contribution is 2.39. The van der Waals surface area contributed by atoms with Gasteiger partial charge < -0.3 is 15.5 Å². The summed E-state index contributed by atoms with van der Waals surface area (Å²) in [6, 6.07) is 6.23. The van der Waals surface area contributed by atoms with Crippen LogP contribution < -0.4 is 5.32 Å². The molecule has 0 heterocycles. The van der Waals surface area contributed by atoms with Crippen molar-refractivity contribution in [1.29, 1.82) is 0 Å². The van der Waals surface area contributed by atoms with Crippen molar-refractivity contribution < 1.29 is 14.6 Å². The van der Waals surface area contributed by atoms with E-state index in [4.69, 9.17) is 0 Å². The predicted octanol–water partition coefficient (Wildman–Crippen LogP) is 2.78. The van der Waals surface area contributed by atoms with Gasteiger partial charge in [0.1, 0.15) is 5.82 Å². The van der Waals surface area contributed by atoms with Gasteiger partial charge in [-0.05, 0) is 37.2 Å². The number of benzene rings is 1. The molecule has 1 unspecified atom stereocenters. The Morgan fingerprint density at radius 3 is 2.43 bits per heavy atom.